The SMILES string of the molecule is CCCC1Cc2cc3c(cc2CN(CCC)C1=O)OCO3. The molecule has 0 saturated heterocycles. The van der Waals surface area contributed by atoms with E-state index in [-0.39, 0.29) is 5.92 Å². The lowest BCUT2D eigenvalue weighted by Gasteiger charge is -2.23. The normalized spacial score (nSPS) is 20.4. The van der Waals surface area contributed by atoms with Gasteiger partial charge in [-0.05, 0) is 42.5 Å². The Kier molecular flexibility index (Phi) is 4.04. The van der Waals surface area contributed by atoms with Crippen LogP contribution in [0.15, 0.2) is 12.1 Å². The van der Waals surface area contributed by atoms with Crippen molar-refractivity contribution in [2.24, 2.45) is 5.92 Å². The lowest BCUT2D eigenvalue weighted by atomic mass is 9.93. The molecule has 0 saturated carbocycles. The van der Waals surface area contributed by atoms with Gasteiger partial charge in [0, 0.05) is 19.0 Å². The van der Waals surface area contributed by atoms with E-state index in [0.29, 0.717) is 19.2 Å². The third kappa shape index (κ3) is 2.71. The van der Waals surface area contributed by atoms with Crippen molar-refractivity contribution in [3.63, 3.8) is 0 Å². The Morgan fingerprint density at radius 1 is 1.14 bits per heavy atom. The highest BCUT2D eigenvalue weighted by atomic mass is 16.7. The molecule has 1 aromatic rings. The van der Waals surface area contributed by atoms with Crippen molar-refractivity contribution in [1.29, 1.82) is 0 Å². The molecule has 2 aliphatic rings. The topological polar surface area (TPSA) is 38.8 Å². The summed E-state index contributed by atoms with van der Waals surface area (Å²) in [6.07, 6.45) is 3.80. The molecule has 0 radical (unpaired) electrons. The van der Waals surface area contributed by atoms with Crippen molar-refractivity contribution in [3.05, 3.63) is 23.3 Å². The number of ether oxygens (including phenoxy) is 2. The number of hydrogen-bond donors (Lipinski definition) is 0. The zero-order chi connectivity index (χ0) is 14.8. The standard InChI is InChI=1S/C17H23NO3/c1-3-5-12-7-13-8-15-16(21-11-20-15)9-14(13)10-18(6-4-2)17(12)19/h8-9,12H,3-7,10-11H2,1-2H3. The van der Waals surface area contributed by atoms with Gasteiger partial charge in [-0.15, -0.1) is 0 Å². The Morgan fingerprint density at radius 2 is 1.86 bits per heavy atom. The summed E-state index contributed by atoms with van der Waals surface area (Å²) in [4.78, 5) is 14.7. The Balaban J connectivity index is 1.96. The maximum absolute atomic E-state index is 12.7. The van der Waals surface area contributed by atoms with Gasteiger partial charge < -0.3 is 14.4 Å². The van der Waals surface area contributed by atoms with Gasteiger partial charge in [-0.1, -0.05) is 20.3 Å². The van der Waals surface area contributed by atoms with Crippen molar-refractivity contribution in [2.75, 3.05) is 13.3 Å². The van der Waals surface area contributed by atoms with Gasteiger partial charge in [0.2, 0.25) is 12.7 Å². The molecular weight excluding hydrogens is 266 g/mol. The molecule has 2 heterocycles. The van der Waals surface area contributed by atoms with Gasteiger partial charge in [0.15, 0.2) is 11.5 Å². The smallest absolute Gasteiger partial charge is 0.231 e. The van der Waals surface area contributed by atoms with Gasteiger partial charge in [0.05, 0.1) is 0 Å². The number of carbonyl (C=O) groups excluding carboxylic acids is 1. The first-order valence-electron chi connectivity index (χ1n) is 7.93. The van der Waals surface area contributed by atoms with Crippen molar-refractivity contribution in [2.45, 2.75) is 46.1 Å². The Morgan fingerprint density at radius 3 is 2.52 bits per heavy atom. The Hall–Kier alpha value is -1.71. The monoisotopic (exact) mass is 289 g/mol. The van der Waals surface area contributed by atoms with Gasteiger partial charge in [-0.25, -0.2) is 0 Å². The molecular formula is C17H23NO3. The average molecular weight is 289 g/mol. The van der Waals surface area contributed by atoms with Gasteiger partial charge in [-0.3, -0.25) is 4.79 Å². The zero-order valence-electron chi connectivity index (χ0n) is 12.9. The van der Waals surface area contributed by atoms with Crippen LogP contribution in [0.3, 0.4) is 0 Å². The molecule has 1 unspecified atom stereocenters. The summed E-state index contributed by atoms with van der Waals surface area (Å²) in [5.74, 6) is 2.03. The lowest BCUT2D eigenvalue weighted by molar-refractivity contribution is -0.136. The molecule has 0 aromatic heterocycles. The summed E-state index contributed by atoms with van der Waals surface area (Å²) >= 11 is 0. The van der Waals surface area contributed by atoms with Gasteiger partial charge in [0.1, 0.15) is 0 Å². The fourth-order valence-corrected chi connectivity index (χ4v) is 3.29. The van der Waals surface area contributed by atoms with E-state index in [1.165, 1.54) is 11.1 Å². The van der Waals surface area contributed by atoms with Crippen LogP contribution in [0, 0.1) is 5.92 Å². The zero-order valence-corrected chi connectivity index (χ0v) is 12.9. The molecule has 0 N–H and O–H groups in total. The van der Waals surface area contributed by atoms with Crippen molar-refractivity contribution < 1.29 is 14.3 Å². The third-order valence-electron chi connectivity index (χ3n) is 4.31. The van der Waals surface area contributed by atoms with Gasteiger partial charge in [0.25, 0.3) is 0 Å². The van der Waals surface area contributed by atoms with Crippen LogP contribution < -0.4 is 9.47 Å². The number of carbonyl (C=O) groups is 1. The quantitative estimate of drug-likeness (QED) is 0.855. The summed E-state index contributed by atoms with van der Waals surface area (Å²) in [5, 5.41) is 0. The molecule has 4 nitrogen and oxygen atoms in total. The Labute approximate surface area is 126 Å². The number of fused-ring (bicyclic) bond motifs is 2. The van der Waals surface area contributed by atoms with E-state index in [0.717, 1.165) is 43.7 Å². The molecule has 114 valence electrons. The summed E-state index contributed by atoms with van der Waals surface area (Å²) in [7, 11) is 0. The summed E-state index contributed by atoms with van der Waals surface area (Å²) in [6.45, 7) is 6.08. The molecule has 1 aromatic carbocycles. The van der Waals surface area contributed by atoms with Crippen LogP contribution >= 0.6 is 0 Å². The van der Waals surface area contributed by atoms with Crippen molar-refractivity contribution in [1.82, 2.24) is 4.90 Å². The molecule has 0 aliphatic carbocycles. The predicted octanol–water partition coefficient (Wildman–Crippen LogP) is 3.13. The first-order valence-corrected chi connectivity index (χ1v) is 7.93. The highest BCUT2D eigenvalue weighted by molar-refractivity contribution is 5.80. The molecule has 0 spiro atoms. The van der Waals surface area contributed by atoms with Gasteiger partial charge in [-0.2, -0.15) is 0 Å². The number of rotatable bonds is 4. The van der Waals surface area contributed by atoms with Crippen molar-refractivity contribution >= 4 is 5.91 Å². The molecule has 0 bridgehead atoms. The van der Waals surface area contributed by atoms with E-state index in [1.807, 2.05) is 4.90 Å². The molecule has 0 fully saturated rings. The molecule has 2 aliphatic heterocycles. The summed E-state index contributed by atoms with van der Waals surface area (Å²) < 4.78 is 11.0. The van der Waals surface area contributed by atoms with Crippen molar-refractivity contribution in [3.8, 4) is 11.5 Å². The molecule has 4 heteroatoms. The minimum absolute atomic E-state index is 0.100. The highest BCUT2D eigenvalue weighted by Crippen LogP contribution is 2.38. The van der Waals surface area contributed by atoms with E-state index in [9.17, 15) is 4.79 Å². The van der Waals surface area contributed by atoms with E-state index < -0.39 is 0 Å². The molecule has 1 atom stereocenters. The van der Waals surface area contributed by atoms with Crippen LogP contribution in [0.4, 0.5) is 0 Å². The fourth-order valence-electron chi connectivity index (χ4n) is 3.29. The second-order valence-corrected chi connectivity index (χ2v) is 5.92. The lowest BCUT2D eigenvalue weighted by Crippen LogP contribution is -2.35. The maximum atomic E-state index is 12.7. The minimum Gasteiger partial charge on any atom is -0.454 e. The number of amides is 1. The summed E-state index contributed by atoms with van der Waals surface area (Å²) in [5.41, 5.74) is 2.45. The second kappa shape index (κ2) is 5.96. The van der Waals surface area contributed by atoms with E-state index in [2.05, 4.69) is 26.0 Å². The summed E-state index contributed by atoms with van der Waals surface area (Å²) in [6, 6.07) is 4.13. The minimum atomic E-state index is 0.100. The fraction of sp³-hybridized carbons (Fsp3) is 0.588. The predicted molar refractivity (Wildman–Crippen MR) is 80.4 cm³/mol. The average Bonchev–Trinajstić information content (AvgIpc) is 2.88. The molecule has 21 heavy (non-hydrogen) atoms. The molecule has 1 amide bonds. The molecule has 3 rings (SSSR count). The first kappa shape index (κ1) is 14.2. The van der Waals surface area contributed by atoms with Crippen LogP contribution in [0.2, 0.25) is 0 Å². The largest absolute Gasteiger partial charge is 0.454 e. The van der Waals surface area contributed by atoms with Crippen LogP contribution in [-0.2, 0) is 17.8 Å². The highest BCUT2D eigenvalue weighted by Gasteiger charge is 2.30. The van der Waals surface area contributed by atoms with E-state index in [4.69, 9.17) is 9.47 Å². The number of nitrogens with zero attached hydrogens (tertiary/aromatic N) is 1. The van der Waals surface area contributed by atoms with Crippen LogP contribution in [-0.4, -0.2) is 24.1 Å². The van der Waals surface area contributed by atoms with E-state index in [1.54, 1.807) is 0 Å². The number of benzene rings is 1. The Bertz CT molecular complexity index is 496. The first-order chi connectivity index (χ1) is 10.2. The van der Waals surface area contributed by atoms with Gasteiger partial charge >= 0.3 is 0 Å². The van der Waals surface area contributed by atoms with Crippen LogP contribution in [0.1, 0.15) is 44.2 Å². The van der Waals surface area contributed by atoms with Crippen LogP contribution in [0.25, 0.3) is 0 Å². The number of hydrogen-bond acceptors (Lipinski definition) is 3. The maximum Gasteiger partial charge on any atom is 0.231 e. The second-order valence-electron chi connectivity index (χ2n) is 5.92. The van der Waals surface area contributed by atoms with E-state index >= 15 is 0 Å². The third-order valence-corrected chi connectivity index (χ3v) is 4.31. The van der Waals surface area contributed by atoms with Crippen LogP contribution in [0.5, 0.6) is 11.5 Å².